The zero-order valence-electron chi connectivity index (χ0n) is 17.9. The Morgan fingerprint density at radius 2 is 1.68 bits per heavy atom. The van der Waals surface area contributed by atoms with Crippen LogP contribution in [0.5, 0.6) is 0 Å². The molecular weight excluding hydrogens is 350 g/mol. The topological polar surface area (TPSA) is 61.4 Å². The van der Waals surface area contributed by atoms with Gasteiger partial charge in [-0.2, -0.15) is 0 Å². The summed E-state index contributed by atoms with van der Waals surface area (Å²) in [5.41, 5.74) is 2.03. The number of nitrogens with zero attached hydrogens (tertiary/aromatic N) is 4. The molecule has 2 fully saturated rings. The molecule has 2 aliphatic rings. The minimum atomic E-state index is 0.211. The molecule has 3 rings (SSSR count). The van der Waals surface area contributed by atoms with Crippen LogP contribution in [0, 0.1) is 19.8 Å². The SMILES string of the molecule is Cc1cc(C)nc(N2CCC(CC(=O)NC[C@@H](C)N3CCCCCC3)CC2)n1. The third-order valence-corrected chi connectivity index (χ3v) is 6.20. The molecule has 0 spiro atoms. The van der Waals surface area contributed by atoms with Gasteiger partial charge in [-0.25, -0.2) is 9.97 Å². The van der Waals surface area contributed by atoms with Gasteiger partial charge in [0.25, 0.3) is 0 Å². The van der Waals surface area contributed by atoms with E-state index in [0.29, 0.717) is 18.4 Å². The van der Waals surface area contributed by atoms with E-state index >= 15 is 0 Å². The number of piperidine rings is 1. The van der Waals surface area contributed by atoms with Gasteiger partial charge in [0.1, 0.15) is 0 Å². The number of aryl methyl sites for hydroxylation is 2. The quantitative estimate of drug-likeness (QED) is 0.813. The highest BCUT2D eigenvalue weighted by molar-refractivity contribution is 5.76. The summed E-state index contributed by atoms with van der Waals surface area (Å²) < 4.78 is 0. The molecule has 156 valence electrons. The Morgan fingerprint density at radius 1 is 1.07 bits per heavy atom. The normalized spacial score (nSPS) is 20.6. The summed E-state index contributed by atoms with van der Waals surface area (Å²) in [5.74, 6) is 1.52. The molecule has 0 aromatic carbocycles. The number of hydrogen-bond acceptors (Lipinski definition) is 5. The molecule has 0 aliphatic carbocycles. The number of nitrogens with one attached hydrogen (secondary N) is 1. The number of aromatic nitrogens is 2. The maximum atomic E-state index is 12.4. The highest BCUT2D eigenvalue weighted by Gasteiger charge is 2.24. The summed E-state index contributed by atoms with van der Waals surface area (Å²) in [7, 11) is 0. The Labute approximate surface area is 170 Å². The summed E-state index contributed by atoms with van der Waals surface area (Å²) >= 11 is 0. The molecule has 1 amide bonds. The van der Waals surface area contributed by atoms with Crippen molar-refractivity contribution >= 4 is 11.9 Å². The van der Waals surface area contributed by atoms with Crippen molar-refractivity contribution in [2.24, 2.45) is 5.92 Å². The zero-order chi connectivity index (χ0) is 19.9. The van der Waals surface area contributed by atoms with Crippen LogP contribution in [0.3, 0.4) is 0 Å². The molecule has 0 bridgehead atoms. The van der Waals surface area contributed by atoms with E-state index in [1.54, 1.807) is 0 Å². The number of carbonyl (C=O) groups is 1. The molecule has 0 radical (unpaired) electrons. The van der Waals surface area contributed by atoms with E-state index in [1.807, 2.05) is 19.9 Å². The lowest BCUT2D eigenvalue weighted by molar-refractivity contribution is -0.122. The summed E-state index contributed by atoms with van der Waals surface area (Å²) in [6, 6.07) is 2.44. The van der Waals surface area contributed by atoms with Crippen LogP contribution in [0.4, 0.5) is 5.95 Å². The maximum Gasteiger partial charge on any atom is 0.225 e. The van der Waals surface area contributed by atoms with Gasteiger partial charge in [-0.05, 0) is 71.5 Å². The van der Waals surface area contributed by atoms with Crippen LogP contribution in [-0.2, 0) is 4.79 Å². The van der Waals surface area contributed by atoms with Gasteiger partial charge in [0, 0.05) is 43.5 Å². The molecule has 0 saturated carbocycles. The van der Waals surface area contributed by atoms with E-state index in [0.717, 1.165) is 49.8 Å². The molecule has 1 aromatic heterocycles. The molecule has 6 nitrogen and oxygen atoms in total. The standard InChI is InChI=1S/C22H37N5O/c1-17-14-18(2)25-22(24-17)27-12-8-20(9-13-27)15-21(28)23-16-19(3)26-10-6-4-5-7-11-26/h14,19-20H,4-13,15-16H2,1-3H3,(H,23,28)/t19-/m1/s1. The highest BCUT2D eigenvalue weighted by Crippen LogP contribution is 2.23. The third-order valence-electron chi connectivity index (χ3n) is 6.20. The van der Waals surface area contributed by atoms with Crippen LogP contribution in [-0.4, -0.2) is 59.5 Å². The lowest BCUT2D eigenvalue weighted by Gasteiger charge is -2.32. The Morgan fingerprint density at radius 3 is 2.29 bits per heavy atom. The van der Waals surface area contributed by atoms with E-state index < -0.39 is 0 Å². The number of anilines is 1. The first-order chi connectivity index (χ1) is 13.5. The summed E-state index contributed by atoms with van der Waals surface area (Å²) in [6.45, 7) is 11.3. The number of hydrogen-bond donors (Lipinski definition) is 1. The lowest BCUT2D eigenvalue weighted by Crippen LogP contribution is -2.43. The van der Waals surface area contributed by atoms with E-state index in [1.165, 1.54) is 38.8 Å². The second-order valence-corrected chi connectivity index (χ2v) is 8.69. The Hall–Kier alpha value is -1.69. The van der Waals surface area contributed by atoms with Crippen LogP contribution in [0.15, 0.2) is 6.07 Å². The molecule has 6 heteroatoms. The molecule has 3 heterocycles. The zero-order valence-corrected chi connectivity index (χ0v) is 17.9. The van der Waals surface area contributed by atoms with Crippen LogP contribution >= 0.6 is 0 Å². The van der Waals surface area contributed by atoms with Crippen molar-refractivity contribution in [2.45, 2.75) is 71.8 Å². The molecular formula is C22H37N5O. The van der Waals surface area contributed by atoms with Crippen molar-refractivity contribution < 1.29 is 4.79 Å². The van der Waals surface area contributed by atoms with Crippen LogP contribution < -0.4 is 10.2 Å². The average molecular weight is 388 g/mol. The number of amides is 1. The first-order valence-corrected chi connectivity index (χ1v) is 11.1. The van der Waals surface area contributed by atoms with Gasteiger partial charge in [0.05, 0.1) is 0 Å². The predicted molar refractivity (Wildman–Crippen MR) is 114 cm³/mol. The van der Waals surface area contributed by atoms with Gasteiger partial charge in [0.15, 0.2) is 0 Å². The van der Waals surface area contributed by atoms with Crippen LogP contribution in [0.1, 0.15) is 63.3 Å². The first kappa shape index (κ1) is 21.0. The highest BCUT2D eigenvalue weighted by atomic mass is 16.1. The van der Waals surface area contributed by atoms with Crippen molar-refractivity contribution in [2.75, 3.05) is 37.6 Å². The van der Waals surface area contributed by atoms with Gasteiger partial charge in [-0.15, -0.1) is 0 Å². The first-order valence-electron chi connectivity index (χ1n) is 11.1. The number of likely N-dealkylation sites (tertiary alicyclic amines) is 1. The molecule has 2 aliphatic heterocycles. The third kappa shape index (κ3) is 6.16. The van der Waals surface area contributed by atoms with Gasteiger partial charge in [-0.1, -0.05) is 12.8 Å². The predicted octanol–water partition coefficient (Wildman–Crippen LogP) is 3.08. The maximum absolute atomic E-state index is 12.4. The lowest BCUT2D eigenvalue weighted by atomic mass is 9.93. The van der Waals surface area contributed by atoms with Crippen molar-refractivity contribution in [3.63, 3.8) is 0 Å². The van der Waals surface area contributed by atoms with E-state index in [-0.39, 0.29) is 5.91 Å². The minimum absolute atomic E-state index is 0.211. The van der Waals surface area contributed by atoms with Gasteiger partial charge < -0.3 is 10.2 Å². The molecule has 1 aromatic rings. The monoisotopic (exact) mass is 387 g/mol. The van der Waals surface area contributed by atoms with Crippen molar-refractivity contribution in [1.29, 1.82) is 0 Å². The molecule has 1 N–H and O–H groups in total. The fourth-order valence-electron chi connectivity index (χ4n) is 4.45. The van der Waals surface area contributed by atoms with E-state index in [4.69, 9.17) is 0 Å². The van der Waals surface area contributed by atoms with Crippen LogP contribution in [0.2, 0.25) is 0 Å². The average Bonchev–Trinajstić information content (AvgIpc) is 2.95. The second-order valence-electron chi connectivity index (χ2n) is 8.69. The molecule has 28 heavy (non-hydrogen) atoms. The fourth-order valence-corrected chi connectivity index (χ4v) is 4.45. The van der Waals surface area contributed by atoms with E-state index in [9.17, 15) is 4.79 Å². The molecule has 1 atom stereocenters. The second kappa shape index (κ2) is 10.2. The van der Waals surface area contributed by atoms with Crippen molar-refractivity contribution in [3.05, 3.63) is 17.5 Å². The van der Waals surface area contributed by atoms with E-state index in [2.05, 4.69) is 32.0 Å². The molecule has 2 saturated heterocycles. The van der Waals surface area contributed by atoms with Crippen LogP contribution in [0.25, 0.3) is 0 Å². The fraction of sp³-hybridized carbons (Fsp3) is 0.773. The Bertz CT molecular complexity index is 614. The van der Waals surface area contributed by atoms with Gasteiger partial charge in [0.2, 0.25) is 11.9 Å². The number of carbonyl (C=O) groups excluding carboxylic acids is 1. The minimum Gasteiger partial charge on any atom is -0.355 e. The Balaban J connectivity index is 1.38. The smallest absolute Gasteiger partial charge is 0.225 e. The van der Waals surface area contributed by atoms with Crippen molar-refractivity contribution in [3.8, 4) is 0 Å². The summed E-state index contributed by atoms with van der Waals surface area (Å²) in [4.78, 5) is 26.4. The molecule has 0 unspecified atom stereocenters. The number of rotatable bonds is 6. The van der Waals surface area contributed by atoms with Gasteiger partial charge >= 0.3 is 0 Å². The summed E-state index contributed by atoms with van der Waals surface area (Å²) in [6.07, 6.45) is 8.00. The Kier molecular flexibility index (Phi) is 7.65. The van der Waals surface area contributed by atoms with Gasteiger partial charge in [-0.3, -0.25) is 9.69 Å². The van der Waals surface area contributed by atoms with Crippen molar-refractivity contribution in [1.82, 2.24) is 20.2 Å². The summed E-state index contributed by atoms with van der Waals surface area (Å²) in [5, 5.41) is 3.19. The largest absolute Gasteiger partial charge is 0.355 e.